The normalized spacial score (nSPS) is 10.9. The van der Waals surface area contributed by atoms with Crippen LogP contribution in [0.1, 0.15) is 19.4 Å². The summed E-state index contributed by atoms with van der Waals surface area (Å²) in [5.74, 6) is 1.98. The fourth-order valence-corrected chi connectivity index (χ4v) is 1.99. The fourth-order valence-electron chi connectivity index (χ4n) is 1.99. The number of rotatable bonds is 4. The monoisotopic (exact) mass is 245 g/mol. The zero-order chi connectivity index (χ0) is 13.1. The number of aromatic nitrogens is 2. The smallest absolute Gasteiger partial charge is 0.149 e. The van der Waals surface area contributed by atoms with Crippen LogP contribution in [-0.2, 0) is 6.42 Å². The standard InChI is InChI=1S/C14H19N3O/c1-9(2)8-12-13(16-17-14(12)15)10-4-6-11(18-3)7-5-10/h4-7,9H,8H2,1-3H3,(H3,15,16,17). The molecular formula is C14H19N3O. The molecule has 0 bridgehead atoms. The molecule has 1 aromatic heterocycles. The Hall–Kier alpha value is -1.97. The van der Waals surface area contributed by atoms with Gasteiger partial charge in [0, 0.05) is 11.1 Å². The Kier molecular flexibility index (Phi) is 3.55. The Morgan fingerprint density at radius 3 is 2.50 bits per heavy atom. The second kappa shape index (κ2) is 5.12. The minimum absolute atomic E-state index is 0.543. The number of H-pyrrole nitrogens is 1. The predicted molar refractivity (Wildman–Crippen MR) is 73.5 cm³/mol. The molecule has 0 fully saturated rings. The number of hydrogen-bond donors (Lipinski definition) is 2. The highest BCUT2D eigenvalue weighted by molar-refractivity contribution is 5.68. The molecule has 96 valence electrons. The summed E-state index contributed by atoms with van der Waals surface area (Å²) in [5.41, 5.74) is 9.09. The molecule has 0 radical (unpaired) electrons. The van der Waals surface area contributed by atoms with Gasteiger partial charge in [0.15, 0.2) is 0 Å². The molecule has 0 amide bonds. The first-order valence-electron chi connectivity index (χ1n) is 6.09. The van der Waals surface area contributed by atoms with Gasteiger partial charge in [0.25, 0.3) is 0 Å². The lowest BCUT2D eigenvalue weighted by Gasteiger charge is -2.07. The molecule has 18 heavy (non-hydrogen) atoms. The Bertz CT molecular complexity index is 514. The summed E-state index contributed by atoms with van der Waals surface area (Å²) in [4.78, 5) is 0. The molecule has 0 aliphatic rings. The van der Waals surface area contributed by atoms with E-state index in [-0.39, 0.29) is 0 Å². The summed E-state index contributed by atoms with van der Waals surface area (Å²) in [5, 5.41) is 7.13. The number of nitrogens with one attached hydrogen (secondary N) is 1. The van der Waals surface area contributed by atoms with E-state index in [9.17, 15) is 0 Å². The molecule has 0 spiro atoms. The van der Waals surface area contributed by atoms with Crippen molar-refractivity contribution in [2.45, 2.75) is 20.3 Å². The van der Waals surface area contributed by atoms with E-state index < -0.39 is 0 Å². The third kappa shape index (κ3) is 2.47. The van der Waals surface area contributed by atoms with Crippen LogP contribution >= 0.6 is 0 Å². The lowest BCUT2D eigenvalue weighted by molar-refractivity contribution is 0.415. The number of methoxy groups -OCH3 is 1. The van der Waals surface area contributed by atoms with Crippen LogP contribution in [0.5, 0.6) is 5.75 Å². The molecule has 0 aliphatic heterocycles. The van der Waals surface area contributed by atoms with E-state index in [1.165, 1.54) is 0 Å². The number of nitrogens with two attached hydrogens (primary N) is 1. The molecule has 3 N–H and O–H groups in total. The van der Waals surface area contributed by atoms with E-state index in [0.29, 0.717) is 11.7 Å². The van der Waals surface area contributed by atoms with E-state index in [2.05, 4.69) is 24.0 Å². The molecule has 1 heterocycles. The fraction of sp³-hybridized carbons (Fsp3) is 0.357. The number of benzene rings is 1. The highest BCUT2D eigenvalue weighted by Gasteiger charge is 2.13. The average Bonchev–Trinajstić information content (AvgIpc) is 2.71. The van der Waals surface area contributed by atoms with Gasteiger partial charge in [-0.15, -0.1) is 0 Å². The molecule has 4 heteroatoms. The molecule has 0 saturated carbocycles. The number of nitrogens with zero attached hydrogens (tertiary/aromatic N) is 1. The topological polar surface area (TPSA) is 63.9 Å². The summed E-state index contributed by atoms with van der Waals surface area (Å²) in [6.07, 6.45) is 0.920. The van der Waals surface area contributed by atoms with Gasteiger partial charge in [-0.25, -0.2) is 0 Å². The van der Waals surface area contributed by atoms with Crippen molar-refractivity contribution in [1.82, 2.24) is 10.2 Å². The van der Waals surface area contributed by atoms with Crippen molar-refractivity contribution in [3.8, 4) is 17.0 Å². The highest BCUT2D eigenvalue weighted by Crippen LogP contribution is 2.28. The minimum atomic E-state index is 0.543. The third-order valence-electron chi connectivity index (χ3n) is 2.89. The molecule has 1 aromatic carbocycles. The third-order valence-corrected chi connectivity index (χ3v) is 2.89. The van der Waals surface area contributed by atoms with E-state index >= 15 is 0 Å². The van der Waals surface area contributed by atoms with E-state index in [4.69, 9.17) is 10.5 Å². The molecule has 2 rings (SSSR count). The first-order chi connectivity index (χ1) is 8.61. The van der Waals surface area contributed by atoms with E-state index in [1.54, 1.807) is 7.11 Å². The molecule has 2 aromatic rings. The number of hydrogen-bond acceptors (Lipinski definition) is 3. The van der Waals surface area contributed by atoms with Crippen LogP contribution in [0.3, 0.4) is 0 Å². The first-order valence-corrected chi connectivity index (χ1v) is 6.09. The van der Waals surface area contributed by atoms with Gasteiger partial charge < -0.3 is 10.5 Å². The van der Waals surface area contributed by atoms with Gasteiger partial charge in [0.2, 0.25) is 0 Å². The summed E-state index contributed by atoms with van der Waals surface area (Å²) in [6.45, 7) is 4.34. The Labute approximate surface area is 107 Å². The van der Waals surface area contributed by atoms with Crippen LogP contribution in [0.25, 0.3) is 11.3 Å². The van der Waals surface area contributed by atoms with Crippen LogP contribution < -0.4 is 10.5 Å². The van der Waals surface area contributed by atoms with Gasteiger partial charge in [-0.05, 0) is 36.6 Å². The number of anilines is 1. The maximum absolute atomic E-state index is 5.92. The van der Waals surface area contributed by atoms with Gasteiger partial charge in [0.1, 0.15) is 11.6 Å². The second-order valence-corrected chi connectivity index (χ2v) is 4.79. The molecule has 0 aliphatic carbocycles. The molecule has 0 atom stereocenters. The quantitative estimate of drug-likeness (QED) is 0.870. The predicted octanol–water partition coefficient (Wildman–Crippen LogP) is 2.87. The van der Waals surface area contributed by atoms with Gasteiger partial charge in [-0.3, -0.25) is 5.10 Å². The van der Waals surface area contributed by atoms with Crippen molar-refractivity contribution < 1.29 is 4.74 Å². The second-order valence-electron chi connectivity index (χ2n) is 4.79. The zero-order valence-electron chi connectivity index (χ0n) is 11.0. The van der Waals surface area contributed by atoms with E-state index in [0.717, 1.165) is 29.0 Å². The van der Waals surface area contributed by atoms with Crippen molar-refractivity contribution in [1.29, 1.82) is 0 Å². The molecule has 4 nitrogen and oxygen atoms in total. The summed E-state index contributed by atoms with van der Waals surface area (Å²) < 4.78 is 5.15. The summed E-state index contributed by atoms with van der Waals surface area (Å²) >= 11 is 0. The van der Waals surface area contributed by atoms with Crippen LogP contribution in [0, 0.1) is 5.92 Å². The van der Waals surface area contributed by atoms with Gasteiger partial charge in [-0.2, -0.15) is 5.10 Å². The van der Waals surface area contributed by atoms with Gasteiger partial charge in [-0.1, -0.05) is 13.8 Å². The Balaban J connectivity index is 2.37. The average molecular weight is 245 g/mol. The zero-order valence-corrected chi connectivity index (χ0v) is 11.0. The minimum Gasteiger partial charge on any atom is -0.497 e. The van der Waals surface area contributed by atoms with Crippen molar-refractivity contribution >= 4 is 5.82 Å². The molecule has 0 saturated heterocycles. The molecule has 0 unspecified atom stereocenters. The number of aromatic amines is 1. The highest BCUT2D eigenvalue weighted by atomic mass is 16.5. The largest absolute Gasteiger partial charge is 0.497 e. The first kappa shape index (κ1) is 12.5. The number of ether oxygens (including phenoxy) is 1. The Morgan fingerprint density at radius 1 is 1.28 bits per heavy atom. The van der Waals surface area contributed by atoms with E-state index in [1.807, 2.05) is 24.3 Å². The van der Waals surface area contributed by atoms with Crippen molar-refractivity contribution in [2.75, 3.05) is 12.8 Å². The Morgan fingerprint density at radius 2 is 1.94 bits per heavy atom. The van der Waals surface area contributed by atoms with Crippen LogP contribution in [0.4, 0.5) is 5.82 Å². The van der Waals surface area contributed by atoms with Crippen LogP contribution in [0.15, 0.2) is 24.3 Å². The van der Waals surface area contributed by atoms with Crippen molar-refractivity contribution in [3.63, 3.8) is 0 Å². The van der Waals surface area contributed by atoms with Gasteiger partial charge >= 0.3 is 0 Å². The summed E-state index contributed by atoms with van der Waals surface area (Å²) in [7, 11) is 1.66. The maximum atomic E-state index is 5.92. The lowest BCUT2D eigenvalue weighted by atomic mass is 9.99. The lowest BCUT2D eigenvalue weighted by Crippen LogP contribution is -1.99. The van der Waals surface area contributed by atoms with Crippen LogP contribution in [0.2, 0.25) is 0 Å². The van der Waals surface area contributed by atoms with Crippen LogP contribution in [-0.4, -0.2) is 17.3 Å². The summed E-state index contributed by atoms with van der Waals surface area (Å²) in [6, 6.07) is 7.89. The molecular weight excluding hydrogens is 226 g/mol. The van der Waals surface area contributed by atoms with Gasteiger partial charge in [0.05, 0.1) is 12.8 Å². The van der Waals surface area contributed by atoms with Crippen molar-refractivity contribution in [3.05, 3.63) is 29.8 Å². The number of nitrogen functional groups attached to an aromatic ring is 1. The maximum Gasteiger partial charge on any atom is 0.149 e. The van der Waals surface area contributed by atoms with Crippen molar-refractivity contribution in [2.24, 2.45) is 5.92 Å². The SMILES string of the molecule is COc1ccc(-c2[nH]nc(N)c2CC(C)C)cc1.